The van der Waals surface area contributed by atoms with Gasteiger partial charge >= 0.3 is 30.0 Å². The molecule has 4 heterocycles. The van der Waals surface area contributed by atoms with Crippen LogP contribution in [0.2, 0.25) is 10.0 Å². The van der Waals surface area contributed by atoms with Gasteiger partial charge in [-0.25, -0.2) is 9.48 Å². The van der Waals surface area contributed by atoms with Crippen molar-refractivity contribution in [3.05, 3.63) is 105 Å². The first kappa shape index (κ1) is 42.0. The Morgan fingerprint density at radius 2 is 1.45 bits per heavy atom. The molecule has 0 bridgehead atoms. The summed E-state index contributed by atoms with van der Waals surface area (Å²) in [6.07, 6.45) is -5.01. The summed E-state index contributed by atoms with van der Waals surface area (Å²) in [5.74, 6) is -2.08. The molecular weight excluding hydrogens is 825 g/mol. The SMILES string of the molecule is CC(=O)OCC1OC(n2cc(COc3ccc([C@H]4c5[nH]c6ccc(Cl)cc6c5CCN4C(=O)Oc4ccc(Cl)cc4)cc3)nn2)C(OC(C)=O)C(OC(C)=O)C1OC(C)=O. The van der Waals surface area contributed by atoms with Crippen molar-refractivity contribution in [1.82, 2.24) is 24.9 Å². The van der Waals surface area contributed by atoms with E-state index in [2.05, 4.69) is 15.3 Å². The molecule has 0 saturated carbocycles. The second-order valence-electron chi connectivity index (χ2n) is 14.0. The fourth-order valence-electron chi connectivity index (χ4n) is 7.29. The van der Waals surface area contributed by atoms with E-state index in [0.717, 1.165) is 48.5 Å². The Morgan fingerprint density at radius 1 is 0.800 bits per heavy atom. The molecule has 1 amide bonds. The zero-order valence-electron chi connectivity index (χ0n) is 32.7. The maximum atomic E-state index is 13.7. The molecule has 60 heavy (non-hydrogen) atoms. The molecule has 0 spiro atoms. The van der Waals surface area contributed by atoms with E-state index in [-0.39, 0.29) is 6.61 Å². The highest BCUT2D eigenvalue weighted by molar-refractivity contribution is 6.31. The molecule has 2 aliphatic rings. The molecular formula is C41H39Cl2N5O12. The molecule has 1 fully saturated rings. The Hall–Kier alpha value is -6.17. The Morgan fingerprint density at radius 3 is 2.13 bits per heavy atom. The second kappa shape index (κ2) is 18.0. The molecule has 314 valence electrons. The van der Waals surface area contributed by atoms with Gasteiger partial charge in [0, 0.05) is 60.9 Å². The van der Waals surface area contributed by atoms with E-state index in [0.29, 0.717) is 40.2 Å². The molecule has 2 aliphatic heterocycles. The van der Waals surface area contributed by atoms with Crippen LogP contribution in [-0.2, 0) is 55.9 Å². The zero-order valence-corrected chi connectivity index (χ0v) is 34.2. The summed E-state index contributed by atoms with van der Waals surface area (Å²) in [6.45, 7) is 4.51. The lowest BCUT2D eigenvalue weighted by atomic mass is 9.92. The number of fused-ring (bicyclic) bond motifs is 3. The third kappa shape index (κ3) is 9.48. The number of benzene rings is 3. The normalized spacial score (nSPS) is 21.1. The number of nitrogens with one attached hydrogen (secondary N) is 1. The summed E-state index contributed by atoms with van der Waals surface area (Å²) in [6, 6.07) is 18.9. The molecule has 7 rings (SSSR count). The number of hydrogen-bond donors (Lipinski definition) is 1. The molecule has 5 unspecified atom stereocenters. The van der Waals surface area contributed by atoms with Crippen molar-refractivity contribution in [3.63, 3.8) is 0 Å². The van der Waals surface area contributed by atoms with E-state index < -0.39 is 73.3 Å². The van der Waals surface area contributed by atoms with Crippen molar-refractivity contribution in [2.75, 3.05) is 13.2 Å². The first-order valence-corrected chi connectivity index (χ1v) is 19.5. The maximum Gasteiger partial charge on any atom is 0.416 e. The number of hydrogen-bond acceptors (Lipinski definition) is 14. The van der Waals surface area contributed by atoms with Crippen LogP contribution in [0.4, 0.5) is 4.79 Å². The summed E-state index contributed by atoms with van der Waals surface area (Å²) in [7, 11) is 0. The predicted octanol–water partition coefficient (Wildman–Crippen LogP) is 6.05. The van der Waals surface area contributed by atoms with Gasteiger partial charge in [-0.05, 0) is 72.1 Å². The fourth-order valence-corrected chi connectivity index (χ4v) is 7.59. The lowest BCUT2D eigenvalue weighted by Gasteiger charge is -2.44. The Kier molecular flexibility index (Phi) is 12.6. The number of carbonyl (C=O) groups excluding carboxylic acids is 5. The second-order valence-corrected chi connectivity index (χ2v) is 14.9. The highest BCUT2D eigenvalue weighted by Crippen LogP contribution is 2.40. The molecule has 6 atom stereocenters. The van der Waals surface area contributed by atoms with E-state index in [1.54, 1.807) is 41.3 Å². The molecule has 0 aliphatic carbocycles. The van der Waals surface area contributed by atoms with Gasteiger partial charge in [-0.1, -0.05) is 40.5 Å². The van der Waals surface area contributed by atoms with Gasteiger partial charge in [-0.15, -0.1) is 5.10 Å². The number of esters is 4. The lowest BCUT2D eigenvalue weighted by Crippen LogP contribution is -2.60. The number of halogens is 2. The fraction of sp³-hybridized carbons (Fsp3) is 0.341. The molecule has 1 saturated heterocycles. The molecule has 17 nitrogen and oxygen atoms in total. The van der Waals surface area contributed by atoms with Crippen LogP contribution in [0, 0.1) is 0 Å². The smallest absolute Gasteiger partial charge is 0.416 e. The van der Waals surface area contributed by atoms with Crippen molar-refractivity contribution in [3.8, 4) is 11.5 Å². The number of H-pyrrole nitrogens is 1. The number of nitrogens with zero attached hydrogens (tertiary/aromatic N) is 4. The van der Waals surface area contributed by atoms with E-state index in [1.807, 2.05) is 30.3 Å². The van der Waals surface area contributed by atoms with Gasteiger partial charge in [0.25, 0.3) is 0 Å². The van der Waals surface area contributed by atoms with Crippen molar-refractivity contribution >= 4 is 64.1 Å². The van der Waals surface area contributed by atoms with E-state index in [9.17, 15) is 24.0 Å². The number of ether oxygens (including phenoxy) is 7. The Labute approximate surface area is 352 Å². The van der Waals surface area contributed by atoms with Crippen LogP contribution in [-0.4, -0.2) is 92.4 Å². The average molecular weight is 865 g/mol. The monoisotopic (exact) mass is 863 g/mol. The molecule has 1 N–H and O–H groups in total. The third-order valence-corrected chi connectivity index (χ3v) is 10.2. The minimum atomic E-state index is -1.38. The largest absolute Gasteiger partial charge is 0.487 e. The highest BCUT2D eigenvalue weighted by Gasteiger charge is 2.53. The van der Waals surface area contributed by atoms with E-state index in [4.69, 9.17) is 56.4 Å². The summed E-state index contributed by atoms with van der Waals surface area (Å²) in [4.78, 5) is 67.2. The van der Waals surface area contributed by atoms with Crippen molar-refractivity contribution in [1.29, 1.82) is 0 Å². The number of amides is 1. The summed E-state index contributed by atoms with van der Waals surface area (Å²) in [5.41, 5.74) is 3.88. The minimum absolute atomic E-state index is 0.0689. The zero-order chi connectivity index (χ0) is 42.7. The Balaban J connectivity index is 1.11. The number of aromatic amines is 1. The molecule has 2 aromatic heterocycles. The standard InChI is InChI=1S/C41H39Cl2N5O12/c1-21(49)54-20-34-37(56-22(2)50)38(57-23(3)51)39(58-24(4)52)40(60-34)48-18-28(45-46-48)19-55-29-10-5-25(6-11-29)36-35-31(32-17-27(43)9-14-33(32)44-35)15-16-47(36)41(53)59-30-12-7-26(42)8-13-30/h5-14,17-18,34,36-40,44H,15-16,19-20H2,1-4H3/t34?,36-,37?,38?,39?,40?/m0/s1. The molecule has 5 aromatic rings. The van der Waals surface area contributed by atoms with Crippen LogP contribution in [0.5, 0.6) is 11.5 Å². The van der Waals surface area contributed by atoms with Crippen LogP contribution in [0.3, 0.4) is 0 Å². The van der Waals surface area contributed by atoms with Gasteiger partial charge in [-0.3, -0.25) is 24.1 Å². The molecule has 3 aromatic carbocycles. The van der Waals surface area contributed by atoms with Crippen molar-refractivity contribution < 1.29 is 57.1 Å². The van der Waals surface area contributed by atoms with E-state index in [1.165, 1.54) is 17.8 Å². The summed E-state index contributed by atoms with van der Waals surface area (Å²) in [5, 5.41) is 10.5. The molecule has 19 heteroatoms. The van der Waals surface area contributed by atoms with Gasteiger partial charge in [0.2, 0.25) is 0 Å². The average Bonchev–Trinajstić information content (AvgIpc) is 3.83. The van der Waals surface area contributed by atoms with Gasteiger partial charge < -0.3 is 38.1 Å². The van der Waals surface area contributed by atoms with Crippen LogP contribution in [0.15, 0.2) is 72.9 Å². The highest BCUT2D eigenvalue weighted by atomic mass is 35.5. The predicted molar refractivity (Wildman–Crippen MR) is 211 cm³/mol. The number of carbonyl (C=O) groups is 5. The first-order chi connectivity index (χ1) is 28.7. The van der Waals surface area contributed by atoms with E-state index >= 15 is 0 Å². The lowest BCUT2D eigenvalue weighted by molar-refractivity contribution is -0.270. The van der Waals surface area contributed by atoms with Crippen LogP contribution >= 0.6 is 23.2 Å². The number of rotatable bonds is 11. The third-order valence-electron chi connectivity index (χ3n) is 9.71. The van der Waals surface area contributed by atoms with Crippen molar-refractivity contribution in [2.45, 2.75) is 77.4 Å². The topological polar surface area (TPSA) is 200 Å². The van der Waals surface area contributed by atoms with Crippen LogP contribution < -0.4 is 9.47 Å². The Bertz CT molecular complexity index is 2400. The minimum Gasteiger partial charge on any atom is -0.487 e. The quantitative estimate of drug-likeness (QED) is 0.119. The van der Waals surface area contributed by atoms with Gasteiger partial charge in [0.05, 0.1) is 6.20 Å². The molecule has 0 radical (unpaired) electrons. The van der Waals surface area contributed by atoms with Crippen LogP contribution in [0.1, 0.15) is 62.5 Å². The van der Waals surface area contributed by atoms with Gasteiger partial charge in [0.15, 0.2) is 24.5 Å². The summed E-state index contributed by atoms with van der Waals surface area (Å²) < 4.78 is 40.9. The summed E-state index contributed by atoms with van der Waals surface area (Å²) >= 11 is 12.4. The van der Waals surface area contributed by atoms with Crippen LogP contribution in [0.25, 0.3) is 10.9 Å². The maximum absolute atomic E-state index is 13.7. The van der Waals surface area contributed by atoms with Gasteiger partial charge in [-0.2, -0.15) is 0 Å². The number of aromatic nitrogens is 4. The first-order valence-electron chi connectivity index (χ1n) is 18.7. The van der Waals surface area contributed by atoms with Gasteiger partial charge in [0.1, 0.15) is 42.6 Å². The van der Waals surface area contributed by atoms with Crippen molar-refractivity contribution in [2.24, 2.45) is 0 Å².